The molecule has 26 heavy (non-hydrogen) atoms. The number of rotatable bonds is 5. The number of hydrogen-bond acceptors (Lipinski definition) is 5. The lowest BCUT2D eigenvalue weighted by Crippen LogP contribution is -2.35. The number of ether oxygens (including phenoxy) is 1. The van der Waals surface area contributed by atoms with Gasteiger partial charge in [0.05, 0.1) is 18.1 Å². The van der Waals surface area contributed by atoms with Gasteiger partial charge in [-0.3, -0.25) is 15.0 Å². The minimum atomic E-state index is -0.532. The van der Waals surface area contributed by atoms with Crippen LogP contribution in [0.1, 0.15) is 5.56 Å². The summed E-state index contributed by atoms with van der Waals surface area (Å²) < 4.78 is 5.33. The van der Waals surface area contributed by atoms with Gasteiger partial charge in [-0.25, -0.2) is 4.79 Å². The summed E-state index contributed by atoms with van der Waals surface area (Å²) in [5.74, 6) is 0. The van der Waals surface area contributed by atoms with Crippen LogP contribution < -0.4 is 10.6 Å². The van der Waals surface area contributed by atoms with Crippen LogP contribution in [0.3, 0.4) is 0 Å². The van der Waals surface area contributed by atoms with Gasteiger partial charge in [-0.05, 0) is 23.8 Å². The van der Waals surface area contributed by atoms with E-state index in [2.05, 4.69) is 15.5 Å². The van der Waals surface area contributed by atoms with Crippen molar-refractivity contribution in [2.45, 2.75) is 6.54 Å². The van der Waals surface area contributed by atoms with E-state index in [0.717, 1.165) is 38.4 Å². The molecule has 1 fully saturated rings. The number of amides is 2. The molecule has 1 aliphatic rings. The molecule has 2 aromatic carbocycles. The molecule has 0 atom stereocenters. The van der Waals surface area contributed by atoms with Crippen LogP contribution in [0.25, 0.3) is 0 Å². The lowest BCUT2D eigenvalue weighted by molar-refractivity contribution is -0.383. The summed E-state index contributed by atoms with van der Waals surface area (Å²) in [5.41, 5.74) is 1.77. The number of nitrogens with zero attached hydrogens (tertiary/aromatic N) is 2. The zero-order valence-corrected chi connectivity index (χ0v) is 14.2. The van der Waals surface area contributed by atoms with E-state index >= 15 is 0 Å². The van der Waals surface area contributed by atoms with Crippen molar-refractivity contribution in [2.75, 3.05) is 36.9 Å². The van der Waals surface area contributed by atoms with Crippen LogP contribution in [0.4, 0.5) is 21.9 Å². The number of urea groups is 1. The predicted octanol–water partition coefficient (Wildman–Crippen LogP) is 3.07. The Morgan fingerprint density at radius 3 is 2.46 bits per heavy atom. The molecule has 0 radical (unpaired) electrons. The van der Waals surface area contributed by atoms with E-state index in [9.17, 15) is 14.9 Å². The highest BCUT2D eigenvalue weighted by atomic mass is 16.6. The lowest BCUT2D eigenvalue weighted by atomic mass is 10.2. The molecular weight excluding hydrogens is 336 g/mol. The monoisotopic (exact) mass is 356 g/mol. The highest BCUT2D eigenvalue weighted by Gasteiger charge is 2.15. The molecule has 0 aliphatic carbocycles. The van der Waals surface area contributed by atoms with Crippen LogP contribution in [0, 0.1) is 10.1 Å². The molecule has 8 nitrogen and oxygen atoms in total. The highest BCUT2D eigenvalue weighted by Crippen LogP contribution is 2.23. The second kappa shape index (κ2) is 8.41. The molecule has 2 aromatic rings. The van der Waals surface area contributed by atoms with Crippen LogP contribution in [0.15, 0.2) is 48.5 Å². The van der Waals surface area contributed by atoms with Gasteiger partial charge in [0.25, 0.3) is 5.69 Å². The van der Waals surface area contributed by atoms with E-state index in [4.69, 9.17) is 4.74 Å². The predicted molar refractivity (Wildman–Crippen MR) is 98.3 cm³/mol. The molecule has 8 heteroatoms. The lowest BCUT2D eigenvalue weighted by Gasteiger charge is -2.26. The molecule has 0 unspecified atom stereocenters. The van der Waals surface area contributed by atoms with E-state index in [0.29, 0.717) is 5.69 Å². The summed E-state index contributed by atoms with van der Waals surface area (Å²) in [5, 5.41) is 16.2. The maximum atomic E-state index is 12.1. The van der Waals surface area contributed by atoms with Crippen molar-refractivity contribution in [3.63, 3.8) is 0 Å². The molecule has 0 saturated carbocycles. The molecule has 1 saturated heterocycles. The third-order valence-corrected chi connectivity index (χ3v) is 4.07. The summed E-state index contributed by atoms with van der Waals surface area (Å²) in [6.07, 6.45) is 0. The van der Waals surface area contributed by atoms with Crippen molar-refractivity contribution >= 4 is 23.1 Å². The summed E-state index contributed by atoms with van der Waals surface area (Å²) in [6, 6.07) is 13.0. The van der Waals surface area contributed by atoms with Gasteiger partial charge in [-0.15, -0.1) is 0 Å². The number of para-hydroxylation sites is 2. The summed E-state index contributed by atoms with van der Waals surface area (Å²) >= 11 is 0. The topological polar surface area (TPSA) is 96.7 Å². The minimum absolute atomic E-state index is 0.150. The Morgan fingerprint density at radius 2 is 1.77 bits per heavy atom. The van der Waals surface area contributed by atoms with Crippen LogP contribution in [-0.2, 0) is 11.3 Å². The Balaban J connectivity index is 1.57. The summed E-state index contributed by atoms with van der Waals surface area (Å²) in [4.78, 5) is 24.9. The Morgan fingerprint density at radius 1 is 1.08 bits per heavy atom. The molecular formula is C18H20N4O4. The Kier molecular flexibility index (Phi) is 5.77. The third-order valence-electron chi connectivity index (χ3n) is 4.07. The fourth-order valence-corrected chi connectivity index (χ4v) is 2.73. The zero-order chi connectivity index (χ0) is 18.4. The quantitative estimate of drug-likeness (QED) is 0.634. The molecule has 0 aromatic heterocycles. The normalized spacial score (nSPS) is 14.6. The van der Waals surface area contributed by atoms with Gasteiger partial charge in [0.1, 0.15) is 5.69 Å². The smallest absolute Gasteiger partial charge is 0.323 e. The van der Waals surface area contributed by atoms with Crippen LogP contribution in [-0.4, -0.2) is 42.2 Å². The maximum absolute atomic E-state index is 12.1. The standard InChI is InChI=1S/C18H20N4O4/c23-18(20-16-3-1-2-4-17(16)22(24)25)19-15-7-5-14(6-8-15)13-21-9-11-26-12-10-21/h1-8H,9-13H2,(H2,19,20,23). The number of anilines is 2. The number of nitrogens with one attached hydrogen (secondary N) is 2. The largest absolute Gasteiger partial charge is 0.379 e. The number of carbonyl (C=O) groups is 1. The van der Waals surface area contributed by atoms with Gasteiger partial charge in [-0.2, -0.15) is 0 Å². The Hall–Kier alpha value is -2.97. The third kappa shape index (κ3) is 4.78. The molecule has 2 N–H and O–H groups in total. The second-order valence-electron chi connectivity index (χ2n) is 5.94. The van der Waals surface area contributed by atoms with E-state index in [1.165, 1.54) is 12.1 Å². The first-order valence-electron chi connectivity index (χ1n) is 8.32. The van der Waals surface area contributed by atoms with Crippen LogP contribution >= 0.6 is 0 Å². The SMILES string of the molecule is O=C(Nc1ccc(CN2CCOCC2)cc1)Nc1ccccc1[N+](=O)[O-]. The van der Waals surface area contributed by atoms with Crippen molar-refractivity contribution in [1.82, 2.24) is 4.90 Å². The maximum Gasteiger partial charge on any atom is 0.323 e. The van der Waals surface area contributed by atoms with Gasteiger partial charge >= 0.3 is 6.03 Å². The number of nitro groups is 1. The van der Waals surface area contributed by atoms with Crippen molar-refractivity contribution < 1.29 is 14.5 Å². The van der Waals surface area contributed by atoms with Crippen LogP contribution in [0.5, 0.6) is 0 Å². The molecule has 2 amide bonds. The number of carbonyl (C=O) groups excluding carboxylic acids is 1. The molecule has 0 bridgehead atoms. The van der Waals surface area contributed by atoms with Gasteiger partial charge in [0, 0.05) is 31.4 Å². The zero-order valence-electron chi connectivity index (χ0n) is 14.2. The van der Waals surface area contributed by atoms with E-state index in [1.54, 1.807) is 12.1 Å². The number of morpholine rings is 1. The number of hydrogen-bond donors (Lipinski definition) is 2. The summed E-state index contributed by atoms with van der Waals surface area (Å²) in [6.45, 7) is 4.18. The molecule has 1 heterocycles. The number of benzene rings is 2. The molecule has 136 valence electrons. The van der Waals surface area contributed by atoms with Crippen molar-refractivity contribution in [2.24, 2.45) is 0 Å². The fraction of sp³-hybridized carbons (Fsp3) is 0.278. The average molecular weight is 356 g/mol. The first-order chi connectivity index (χ1) is 12.6. The van der Waals surface area contributed by atoms with E-state index in [-0.39, 0.29) is 11.4 Å². The average Bonchev–Trinajstić information content (AvgIpc) is 2.64. The fourth-order valence-electron chi connectivity index (χ4n) is 2.73. The van der Waals surface area contributed by atoms with Crippen molar-refractivity contribution in [1.29, 1.82) is 0 Å². The second-order valence-corrected chi connectivity index (χ2v) is 5.94. The van der Waals surface area contributed by atoms with E-state index in [1.807, 2.05) is 24.3 Å². The first kappa shape index (κ1) is 17.8. The van der Waals surface area contributed by atoms with Gasteiger partial charge in [0.15, 0.2) is 0 Å². The summed E-state index contributed by atoms with van der Waals surface area (Å²) in [7, 11) is 0. The van der Waals surface area contributed by atoms with Gasteiger partial charge < -0.3 is 15.4 Å². The van der Waals surface area contributed by atoms with Crippen molar-refractivity contribution in [3.8, 4) is 0 Å². The molecule has 1 aliphatic heterocycles. The highest BCUT2D eigenvalue weighted by molar-refractivity contribution is 6.01. The first-order valence-corrected chi connectivity index (χ1v) is 8.32. The Labute approximate surface area is 150 Å². The number of nitro benzene ring substituents is 1. The Bertz CT molecular complexity index is 773. The molecule has 3 rings (SSSR count). The van der Waals surface area contributed by atoms with Crippen LogP contribution in [0.2, 0.25) is 0 Å². The van der Waals surface area contributed by atoms with Crippen molar-refractivity contribution in [3.05, 3.63) is 64.2 Å². The molecule has 0 spiro atoms. The van der Waals surface area contributed by atoms with E-state index < -0.39 is 11.0 Å². The van der Waals surface area contributed by atoms with Gasteiger partial charge in [0.2, 0.25) is 0 Å². The van der Waals surface area contributed by atoms with Gasteiger partial charge in [-0.1, -0.05) is 24.3 Å². The minimum Gasteiger partial charge on any atom is -0.379 e.